The van der Waals surface area contributed by atoms with Gasteiger partial charge in [0.1, 0.15) is 5.69 Å². The van der Waals surface area contributed by atoms with E-state index < -0.39 is 0 Å². The normalized spacial score (nSPS) is 12.4. The third kappa shape index (κ3) is 2.92. The Bertz CT molecular complexity index is 598. The average Bonchev–Trinajstić information content (AvgIpc) is 2.80. The minimum absolute atomic E-state index is 0.131. The predicted octanol–water partition coefficient (Wildman–Crippen LogP) is 3.43. The van der Waals surface area contributed by atoms with Crippen LogP contribution in [0.5, 0.6) is 5.75 Å². The highest BCUT2D eigenvalue weighted by Gasteiger charge is 2.24. The van der Waals surface area contributed by atoms with Gasteiger partial charge in [0.25, 0.3) is 0 Å². The molecule has 0 aliphatic rings. The molecule has 1 aromatic carbocycles. The van der Waals surface area contributed by atoms with Crippen LogP contribution in [0.2, 0.25) is 10.0 Å². The molecule has 0 radical (unpaired) electrons. The molecule has 0 saturated carbocycles. The Balaban J connectivity index is 2.56. The van der Waals surface area contributed by atoms with Crippen molar-refractivity contribution < 1.29 is 4.74 Å². The van der Waals surface area contributed by atoms with Crippen molar-refractivity contribution in [1.29, 1.82) is 0 Å². The number of rotatable bonds is 5. The fourth-order valence-electron chi connectivity index (χ4n) is 2.21. The molecule has 1 aromatic heterocycles. The smallest absolute Gasteiger partial charge is 0.161 e. The number of aromatic nitrogens is 2. The zero-order valence-electron chi connectivity index (χ0n) is 11.7. The molecule has 20 heavy (non-hydrogen) atoms. The fraction of sp³-hybridized carbons (Fsp3) is 0.357. The number of methoxy groups -OCH3 is 1. The van der Waals surface area contributed by atoms with Gasteiger partial charge < -0.3 is 10.1 Å². The van der Waals surface area contributed by atoms with Gasteiger partial charge in [-0.25, -0.2) is 0 Å². The maximum absolute atomic E-state index is 6.32. The summed E-state index contributed by atoms with van der Waals surface area (Å²) in [7, 11) is 3.50. The van der Waals surface area contributed by atoms with Crippen LogP contribution in [0.25, 0.3) is 0 Å². The molecule has 1 N–H and O–H groups in total. The highest BCUT2D eigenvalue weighted by atomic mass is 35.5. The van der Waals surface area contributed by atoms with E-state index in [2.05, 4.69) is 10.4 Å². The third-order valence-corrected chi connectivity index (χ3v) is 3.70. The van der Waals surface area contributed by atoms with Gasteiger partial charge in [-0.05, 0) is 30.3 Å². The van der Waals surface area contributed by atoms with Gasteiger partial charge in [-0.1, -0.05) is 30.1 Å². The molecule has 0 saturated heterocycles. The number of halogens is 2. The minimum Gasteiger partial charge on any atom is -0.493 e. The van der Waals surface area contributed by atoms with E-state index in [-0.39, 0.29) is 6.04 Å². The topological polar surface area (TPSA) is 39.1 Å². The Morgan fingerprint density at radius 2 is 2.15 bits per heavy atom. The van der Waals surface area contributed by atoms with Crippen LogP contribution >= 0.6 is 23.2 Å². The zero-order valence-corrected chi connectivity index (χ0v) is 13.2. The molecular formula is C14H17Cl2N3O. The van der Waals surface area contributed by atoms with Crippen LogP contribution in [0.15, 0.2) is 24.4 Å². The van der Waals surface area contributed by atoms with E-state index in [1.165, 1.54) is 0 Å². The van der Waals surface area contributed by atoms with Crippen molar-refractivity contribution >= 4 is 23.2 Å². The van der Waals surface area contributed by atoms with Crippen LogP contribution in [0.3, 0.4) is 0 Å². The zero-order chi connectivity index (χ0) is 14.7. The molecule has 108 valence electrons. The van der Waals surface area contributed by atoms with Crippen molar-refractivity contribution in [3.05, 3.63) is 45.7 Å². The van der Waals surface area contributed by atoms with Crippen molar-refractivity contribution in [3.63, 3.8) is 0 Å². The van der Waals surface area contributed by atoms with Gasteiger partial charge in [0.15, 0.2) is 5.75 Å². The summed E-state index contributed by atoms with van der Waals surface area (Å²) >= 11 is 12.4. The van der Waals surface area contributed by atoms with Gasteiger partial charge in [-0.3, -0.25) is 4.68 Å². The summed E-state index contributed by atoms with van der Waals surface area (Å²) in [6, 6.07) is 5.31. The van der Waals surface area contributed by atoms with Gasteiger partial charge in [0.2, 0.25) is 0 Å². The molecular weight excluding hydrogens is 297 g/mol. The van der Waals surface area contributed by atoms with Crippen molar-refractivity contribution in [1.82, 2.24) is 15.1 Å². The van der Waals surface area contributed by atoms with Gasteiger partial charge in [-0.15, -0.1) is 0 Å². The second-order valence-electron chi connectivity index (χ2n) is 4.38. The maximum atomic E-state index is 6.32. The molecule has 6 heteroatoms. The Kier molecular flexibility index (Phi) is 4.91. The molecule has 2 rings (SSSR count). The molecule has 0 fully saturated rings. The first kappa shape index (κ1) is 15.2. The summed E-state index contributed by atoms with van der Waals surface area (Å²) in [6.07, 6.45) is 1.69. The molecule has 0 spiro atoms. The highest BCUT2D eigenvalue weighted by Crippen LogP contribution is 2.34. The van der Waals surface area contributed by atoms with E-state index in [1.54, 1.807) is 30.1 Å². The predicted molar refractivity (Wildman–Crippen MR) is 81.7 cm³/mol. The van der Waals surface area contributed by atoms with Gasteiger partial charge in [0.05, 0.1) is 19.3 Å². The molecule has 1 heterocycles. The molecule has 0 bridgehead atoms. The fourth-order valence-corrected chi connectivity index (χ4v) is 2.61. The number of ether oxygens (including phenoxy) is 1. The molecule has 0 aliphatic heterocycles. The summed E-state index contributed by atoms with van der Waals surface area (Å²) in [6.45, 7) is 2.82. The lowest BCUT2D eigenvalue weighted by molar-refractivity contribution is 0.401. The first-order valence-electron chi connectivity index (χ1n) is 6.32. The van der Waals surface area contributed by atoms with Gasteiger partial charge in [-0.2, -0.15) is 5.10 Å². The van der Waals surface area contributed by atoms with Gasteiger partial charge in [0, 0.05) is 17.1 Å². The molecule has 2 aromatic rings. The second-order valence-corrected chi connectivity index (χ2v) is 5.22. The first-order chi connectivity index (χ1) is 9.58. The Morgan fingerprint density at radius 3 is 2.80 bits per heavy atom. The average molecular weight is 314 g/mol. The van der Waals surface area contributed by atoms with Crippen LogP contribution in [0.1, 0.15) is 24.2 Å². The minimum atomic E-state index is -0.131. The number of benzene rings is 1. The van der Waals surface area contributed by atoms with E-state index in [1.807, 2.05) is 20.0 Å². The van der Waals surface area contributed by atoms with Crippen LogP contribution < -0.4 is 10.1 Å². The molecule has 4 nitrogen and oxygen atoms in total. The Hall–Kier alpha value is -1.23. The van der Waals surface area contributed by atoms with E-state index in [0.29, 0.717) is 10.0 Å². The number of nitrogens with zero attached hydrogens (tertiary/aromatic N) is 2. The highest BCUT2D eigenvalue weighted by molar-refractivity contribution is 6.33. The maximum Gasteiger partial charge on any atom is 0.161 e. The first-order valence-corrected chi connectivity index (χ1v) is 7.08. The van der Waals surface area contributed by atoms with E-state index in [9.17, 15) is 0 Å². The van der Waals surface area contributed by atoms with Crippen LogP contribution in [-0.4, -0.2) is 23.4 Å². The summed E-state index contributed by atoms with van der Waals surface area (Å²) in [5.74, 6) is 0.717. The molecule has 1 unspecified atom stereocenters. The summed E-state index contributed by atoms with van der Waals surface area (Å²) < 4.78 is 7.17. The van der Waals surface area contributed by atoms with Crippen LogP contribution in [0, 0.1) is 0 Å². The summed E-state index contributed by atoms with van der Waals surface area (Å²) in [5.41, 5.74) is 1.82. The Labute approximate surface area is 128 Å². The van der Waals surface area contributed by atoms with E-state index in [4.69, 9.17) is 27.9 Å². The van der Waals surface area contributed by atoms with E-state index in [0.717, 1.165) is 23.6 Å². The third-order valence-electron chi connectivity index (χ3n) is 3.12. The van der Waals surface area contributed by atoms with Crippen LogP contribution in [0.4, 0.5) is 0 Å². The number of hydrogen-bond acceptors (Lipinski definition) is 3. The molecule has 0 amide bonds. The number of nitrogens with one attached hydrogen (secondary N) is 1. The van der Waals surface area contributed by atoms with Crippen molar-refractivity contribution in [2.45, 2.75) is 13.0 Å². The van der Waals surface area contributed by atoms with Crippen molar-refractivity contribution in [2.75, 3.05) is 13.7 Å². The lowest BCUT2D eigenvalue weighted by Gasteiger charge is -2.21. The van der Waals surface area contributed by atoms with Crippen molar-refractivity contribution in [3.8, 4) is 5.75 Å². The summed E-state index contributed by atoms with van der Waals surface area (Å²) in [5, 5.41) is 8.95. The van der Waals surface area contributed by atoms with E-state index >= 15 is 0 Å². The lowest BCUT2D eigenvalue weighted by Crippen LogP contribution is -2.25. The Morgan fingerprint density at radius 1 is 1.40 bits per heavy atom. The molecule has 1 atom stereocenters. The van der Waals surface area contributed by atoms with Gasteiger partial charge >= 0.3 is 0 Å². The molecule has 0 aliphatic carbocycles. The number of hydrogen-bond donors (Lipinski definition) is 1. The largest absolute Gasteiger partial charge is 0.493 e. The quantitative estimate of drug-likeness (QED) is 0.919. The monoisotopic (exact) mass is 313 g/mol. The summed E-state index contributed by atoms with van der Waals surface area (Å²) in [4.78, 5) is 0. The standard InChI is InChI=1S/C14H17Cl2N3O/c1-4-17-13(10-7-9(15)5-6-11(10)16)14-12(20-3)8-18-19(14)2/h5-8,13,17H,4H2,1-3H3. The number of aryl methyl sites for hydroxylation is 1. The lowest BCUT2D eigenvalue weighted by atomic mass is 10.0. The van der Waals surface area contributed by atoms with Crippen LogP contribution in [-0.2, 0) is 7.05 Å². The SMILES string of the molecule is CCNC(c1cc(Cl)ccc1Cl)c1c(OC)cnn1C. The van der Waals surface area contributed by atoms with Crippen molar-refractivity contribution in [2.24, 2.45) is 7.05 Å². The second kappa shape index (κ2) is 6.48.